The highest BCUT2D eigenvalue weighted by atomic mass is 35.5. The number of aliphatic hydroxyl groups is 2. The van der Waals surface area contributed by atoms with Crippen molar-refractivity contribution >= 4 is 28.3 Å². The average Bonchev–Trinajstić information content (AvgIpc) is 3.51. The molecule has 9 heteroatoms. The fourth-order valence-corrected chi connectivity index (χ4v) is 6.34. The van der Waals surface area contributed by atoms with Crippen LogP contribution in [0.2, 0.25) is 0 Å². The third-order valence-electron chi connectivity index (χ3n) is 7.54. The Morgan fingerprint density at radius 3 is 2.29 bits per heavy atom. The van der Waals surface area contributed by atoms with Crippen LogP contribution in [0.25, 0.3) is 11.1 Å². The highest BCUT2D eigenvalue weighted by molar-refractivity contribution is 7.90. The number of aliphatic hydroxyl groups excluding tert-OH is 2. The number of carbonyl (C=O) groups is 1. The van der Waals surface area contributed by atoms with Gasteiger partial charge in [0.1, 0.15) is 0 Å². The fraction of sp³-hybridized carbons (Fsp3) is 0.406. The second kappa shape index (κ2) is 16.0. The summed E-state index contributed by atoms with van der Waals surface area (Å²) in [6.07, 6.45) is 5.61. The van der Waals surface area contributed by atoms with E-state index in [1.807, 2.05) is 42.5 Å². The summed E-state index contributed by atoms with van der Waals surface area (Å²) in [6.45, 7) is 1.09. The van der Waals surface area contributed by atoms with Crippen LogP contribution < -0.4 is 10.0 Å². The Kier molecular flexibility index (Phi) is 12.8. The van der Waals surface area contributed by atoms with E-state index in [2.05, 4.69) is 34.3 Å². The van der Waals surface area contributed by atoms with Crippen molar-refractivity contribution in [2.45, 2.75) is 57.0 Å². The van der Waals surface area contributed by atoms with Crippen LogP contribution in [0, 0.1) is 0 Å². The van der Waals surface area contributed by atoms with Crippen LogP contribution in [0.4, 0.5) is 0 Å². The summed E-state index contributed by atoms with van der Waals surface area (Å²) in [5, 5.41) is 22.6. The Morgan fingerprint density at radius 1 is 0.927 bits per heavy atom. The van der Waals surface area contributed by atoms with E-state index in [-0.39, 0.29) is 37.1 Å². The third-order valence-corrected chi connectivity index (χ3v) is 8.86. The van der Waals surface area contributed by atoms with Gasteiger partial charge in [-0.3, -0.25) is 4.79 Å². The van der Waals surface area contributed by atoms with E-state index in [1.165, 1.54) is 5.56 Å². The molecular formula is C32H41ClN2O5S. The summed E-state index contributed by atoms with van der Waals surface area (Å²) in [5.41, 5.74) is 5.51. The van der Waals surface area contributed by atoms with Crippen LogP contribution in [-0.4, -0.2) is 50.0 Å². The van der Waals surface area contributed by atoms with Gasteiger partial charge in [0.15, 0.2) is 0 Å². The molecule has 41 heavy (non-hydrogen) atoms. The van der Waals surface area contributed by atoms with Crippen LogP contribution in [0.3, 0.4) is 0 Å². The van der Waals surface area contributed by atoms with E-state index in [0.717, 1.165) is 67.3 Å². The molecule has 0 aromatic heterocycles. The first-order chi connectivity index (χ1) is 19.4. The molecule has 1 aliphatic carbocycles. The minimum absolute atomic E-state index is 0. The molecule has 222 valence electrons. The number of sulfonamides is 1. The number of nitrogens with one attached hydrogen (secondary N) is 2. The fourth-order valence-electron chi connectivity index (χ4n) is 5.34. The molecule has 0 aliphatic heterocycles. The first-order valence-electron chi connectivity index (χ1n) is 14.2. The van der Waals surface area contributed by atoms with Crippen LogP contribution in [0.15, 0.2) is 72.8 Å². The Balaban J connectivity index is 0.00000462. The molecule has 1 aliphatic rings. The van der Waals surface area contributed by atoms with Crippen molar-refractivity contribution in [3.63, 3.8) is 0 Å². The van der Waals surface area contributed by atoms with Crippen molar-refractivity contribution in [1.29, 1.82) is 0 Å². The molecule has 3 aromatic carbocycles. The molecule has 0 bridgehead atoms. The van der Waals surface area contributed by atoms with Crippen molar-refractivity contribution in [1.82, 2.24) is 10.0 Å². The lowest BCUT2D eigenvalue weighted by atomic mass is 9.89. The highest BCUT2D eigenvalue weighted by Crippen LogP contribution is 2.38. The number of hydrogen-bond acceptors (Lipinski definition) is 6. The molecule has 0 saturated heterocycles. The molecule has 1 amide bonds. The molecule has 7 nitrogen and oxygen atoms in total. The molecule has 1 fully saturated rings. The van der Waals surface area contributed by atoms with Gasteiger partial charge in [-0.05, 0) is 78.5 Å². The van der Waals surface area contributed by atoms with Crippen molar-refractivity contribution in [2.24, 2.45) is 0 Å². The second-order valence-electron chi connectivity index (χ2n) is 10.5. The average molecular weight is 601 g/mol. The predicted molar refractivity (Wildman–Crippen MR) is 166 cm³/mol. The molecule has 0 heterocycles. The maximum absolute atomic E-state index is 13.0. The van der Waals surface area contributed by atoms with Gasteiger partial charge in [0, 0.05) is 18.7 Å². The number of halogens is 1. The first-order valence-corrected chi connectivity index (χ1v) is 15.8. The molecule has 1 saturated carbocycles. The van der Waals surface area contributed by atoms with Gasteiger partial charge in [-0.15, -0.1) is 12.4 Å². The van der Waals surface area contributed by atoms with E-state index in [4.69, 9.17) is 5.11 Å². The minimum Gasteiger partial charge on any atom is -0.396 e. The number of rotatable bonds is 14. The van der Waals surface area contributed by atoms with Gasteiger partial charge >= 0.3 is 0 Å². The van der Waals surface area contributed by atoms with Gasteiger partial charge < -0.3 is 15.5 Å². The third kappa shape index (κ3) is 9.65. The lowest BCUT2D eigenvalue weighted by molar-refractivity contribution is 0.0980. The zero-order valence-electron chi connectivity index (χ0n) is 23.3. The van der Waals surface area contributed by atoms with E-state index in [1.54, 1.807) is 6.07 Å². The van der Waals surface area contributed by atoms with E-state index >= 15 is 0 Å². The molecule has 3 aromatic rings. The van der Waals surface area contributed by atoms with Gasteiger partial charge in [-0.2, -0.15) is 0 Å². The summed E-state index contributed by atoms with van der Waals surface area (Å²) in [4.78, 5) is 13.0. The number of benzene rings is 3. The summed E-state index contributed by atoms with van der Waals surface area (Å²) in [5.74, 6) is -0.663. The minimum atomic E-state index is -3.80. The quantitative estimate of drug-likeness (QED) is 0.191. The van der Waals surface area contributed by atoms with Crippen LogP contribution in [-0.2, 0) is 16.4 Å². The van der Waals surface area contributed by atoms with Crippen molar-refractivity contribution < 1.29 is 23.4 Å². The Bertz CT molecular complexity index is 1340. The molecule has 4 N–H and O–H groups in total. The molecule has 1 atom stereocenters. The lowest BCUT2D eigenvalue weighted by Crippen LogP contribution is -2.33. The molecule has 0 unspecified atom stereocenters. The van der Waals surface area contributed by atoms with E-state index in [0.29, 0.717) is 12.1 Å². The standard InChI is InChI=1S/C32H40N2O5S.ClH/c35-20-7-21-40(38,39)34-32(37)29-18-17-28(22-30(29)26-9-4-5-10-26)25-15-13-24(14-16-25)8-6-19-33-23-31(36)27-11-2-1-3-12-27;/h1-3,11-18,22,26,31,33,35-36H,4-10,19-21,23H2,(H,34,37);1H/t31-;/m1./s1. The molecular weight excluding hydrogens is 560 g/mol. The largest absolute Gasteiger partial charge is 0.396 e. The number of carbonyl (C=O) groups excluding carboxylic acids is 1. The van der Waals surface area contributed by atoms with Crippen LogP contribution in [0.1, 0.15) is 77.6 Å². The van der Waals surface area contributed by atoms with Gasteiger partial charge in [0.25, 0.3) is 5.91 Å². The predicted octanol–water partition coefficient (Wildman–Crippen LogP) is 5.13. The lowest BCUT2D eigenvalue weighted by Gasteiger charge is -2.17. The normalized spacial score (nSPS) is 14.4. The summed E-state index contributed by atoms with van der Waals surface area (Å²) in [6, 6.07) is 23.7. The summed E-state index contributed by atoms with van der Waals surface area (Å²) < 4.78 is 26.7. The monoisotopic (exact) mass is 600 g/mol. The number of amides is 1. The molecule has 0 radical (unpaired) electrons. The van der Waals surface area contributed by atoms with Gasteiger partial charge in [0.05, 0.1) is 11.9 Å². The van der Waals surface area contributed by atoms with Gasteiger partial charge in [0.2, 0.25) is 10.0 Å². The van der Waals surface area contributed by atoms with Crippen molar-refractivity contribution in [3.05, 3.63) is 95.1 Å². The van der Waals surface area contributed by atoms with Crippen molar-refractivity contribution in [2.75, 3.05) is 25.4 Å². The summed E-state index contributed by atoms with van der Waals surface area (Å²) >= 11 is 0. The smallest absolute Gasteiger partial charge is 0.265 e. The van der Waals surface area contributed by atoms with E-state index < -0.39 is 22.0 Å². The Labute approximate surface area is 249 Å². The zero-order valence-corrected chi connectivity index (χ0v) is 24.9. The van der Waals surface area contributed by atoms with E-state index in [9.17, 15) is 18.3 Å². The maximum atomic E-state index is 13.0. The SMILES string of the molecule is Cl.O=C(NS(=O)(=O)CCCO)c1ccc(-c2ccc(CCCNC[C@@H](O)c3ccccc3)cc2)cc1C1CCCC1. The summed E-state index contributed by atoms with van der Waals surface area (Å²) in [7, 11) is -3.80. The van der Waals surface area contributed by atoms with Crippen molar-refractivity contribution in [3.8, 4) is 11.1 Å². The highest BCUT2D eigenvalue weighted by Gasteiger charge is 2.25. The Hall–Kier alpha value is -2.75. The van der Waals surface area contributed by atoms with Gasteiger partial charge in [-0.25, -0.2) is 13.1 Å². The number of aryl methyl sites for hydroxylation is 1. The maximum Gasteiger partial charge on any atom is 0.265 e. The van der Waals surface area contributed by atoms with Gasteiger partial charge in [-0.1, -0.05) is 79.6 Å². The second-order valence-corrected chi connectivity index (χ2v) is 12.4. The topological polar surface area (TPSA) is 116 Å². The Morgan fingerprint density at radius 2 is 1.61 bits per heavy atom. The first kappa shape index (κ1) is 32.8. The molecule has 0 spiro atoms. The zero-order chi connectivity index (χ0) is 28.4. The number of hydrogen-bond donors (Lipinski definition) is 4. The molecule has 4 rings (SSSR count). The van der Waals surface area contributed by atoms with Crippen LogP contribution in [0.5, 0.6) is 0 Å². The van der Waals surface area contributed by atoms with Crippen LogP contribution >= 0.6 is 12.4 Å².